The maximum atomic E-state index is 14.6. The summed E-state index contributed by atoms with van der Waals surface area (Å²) in [5.74, 6) is -5.39. The first-order valence-corrected chi connectivity index (χ1v) is 10.2. The highest BCUT2D eigenvalue weighted by Gasteiger charge is 2.49. The Hall–Kier alpha value is -3.43. The molecule has 1 aliphatic carbocycles. The third-order valence-electron chi connectivity index (χ3n) is 5.39. The monoisotopic (exact) mass is 462 g/mol. The van der Waals surface area contributed by atoms with Crippen LogP contribution in [0.25, 0.3) is 11.4 Å². The topological polar surface area (TPSA) is 67.8 Å². The van der Waals surface area contributed by atoms with Gasteiger partial charge in [0.05, 0.1) is 23.0 Å². The van der Waals surface area contributed by atoms with Crippen molar-refractivity contribution in [1.29, 1.82) is 0 Å². The minimum atomic E-state index is -4.88. The maximum Gasteiger partial charge on any atom is 0.416 e. The quantitative estimate of drug-likeness (QED) is 0.488. The second-order valence-corrected chi connectivity index (χ2v) is 7.89. The maximum absolute atomic E-state index is 14.6. The van der Waals surface area contributed by atoms with E-state index in [0.717, 1.165) is 6.07 Å². The number of nitrogens with zero attached hydrogens (tertiary/aromatic N) is 3. The summed E-state index contributed by atoms with van der Waals surface area (Å²) in [6, 6.07) is 6.19. The highest BCUT2D eigenvalue weighted by atomic mass is 19.4. The van der Waals surface area contributed by atoms with Gasteiger partial charge in [-0.25, -0.2) is 8.78 Å². The first kappa shape index (κ1) is 22.8. The second-order valence-electron chi connectivity index (χ2n) is 7.89. The van der Waals surface area contributed by atoms with Gasteiger partial charge >= 0.3 is 6.18 Å². The predicted octanol–water partition coefficient (Wildman–Crippen LogP) is 5.55. The standard InChI is InChI=1S/C23H19F5N4O/c1-13(19-20(31-9-8-30-19)18-4-2-3-7-29-18)32-21(33)14-10-16(22(24,25)15-5-6-15)12-17(11-14)23(26,27)28/h2-4,7-13,15H,5-6H2,1H3,(H,32,33). The number of nitrogens with one attached hydrogen (secondary N) is 1. The zero-order chi connectivity index (χ0) is 23.8. The molecule has 0 radical (unpaired) electrons. The summed E-state index contributed by atoms with van der Waals surface area (Å²) in [7, 11) is 0. The SMILES string of the molecule is CC(NC(=O)c1cc(C(F)(F)F)cc(C(F)(F)C2CC2)c1)c1nccnc1-c1ccccn1. The van der Waals surface area contributed by atoms with Crippen LogP contribution >= 0.6 is 0 Å². The van der Waals surface area contributed by atoms with Crippen LogP contribution in [-0.4, -0.2) is 20.9 Å². The zero-order valence-electron chi connectivity index (χ0n) is 17.4. The molecule has 1 aliphatic rings. The molecule has 0 spiro atoms. The van der Waals surface area contributed by atoms with Crippen LogP contribution in [0.4, 0.5) is 22.0 Å². The molecule has 1 saturated carbocycles. The molecule has 0 bridgehead atoms. The van der Waals surface area contributed by atoms with Gasteiger partial charge in [0.1, 0.15) is 5.69 Å². The van der Waals surface area contributed by atoms with Crippen molar-refractivity contribution in [3.63, 3.8) is 0 Å². The largest absolute Gasteiger partial charge is 0.416 e. The van der Waals surface area contributed by atoms with Crippen molar-refractivity contribution in [3.05, 3.63) is 77.4 Å². The molecule has 0 saturated heterocycles. The summed E-state index contributed by atoms with van der Waals surface area (Å²) >= 11 is 0. The summed E-state index contributed by atoms with van der Waals surface area (Å²) in [5.41, 5.74) is -1.41. The minimum Gasteiger partial charge on any atom is -0.344 e. The van der Waals surface area contributed by atoms with E-state index in [1.54, 1.807) is 31.3 Å². The van der Waals surface area contributed by atoms with Crippen molar-refractivity contribution in [1.82, 2.24) is 20.3 Å². The molecule has 1 amide bonds. The number of pyridine rings is 1. The van der Waals surface area contributed by atoms with Gasteiger partial charge in [0.15, 0.2) is 0 Å². The summed E-state index contributed by atoms with van der Waals surface area (Å²) in [6.07, 6.45) is -0.0196. The van der Waals surface area contributed by atoms with Gasteiger partial charge < -0.3 is 5.32 Å². The number of amides is 1. The number of alkyl halides is 5. The number of rotatable bonds is 6. The van der Waals surface area contributed by atoms with Crippen LogP contribution in [0.5, 0.6) is 0 Å². The van der Waals surface area contributed by atoms with Gasteiger partial charge in [0, 0.05) is 35.6 Å². The molecule has 33 heavy (non-hydrogen) atoms. The van der Waals surface area contributed by atoms with Crippen molar-refractivity contribution in [3.8, 4) is 11.4 Å². The van der Waals surface area contributed by atoms with Gasteiger partial charge in [-0.05, 0) is 50.1 Å². The molecule has 0 aliphatic heterocycles. The number of halogens is 5. The van der Waals surface area contributed by atoms with Crippen molar-refractivity contribution in [2.24, 2.45) is 5.92 Å². The molecule has 1 aromatic carbocycles. The number of hydrogen-bond donors (Lipinski definition) is 1. The molecule has 2 heterocycles. The highest BCUT2D eigenvalue weighted by Crippen LogP contribution is 2.50. The molecule has 1 fully saturated rings. The summed E-state index contributed by atoms with van der Waals surface area (Å²) in [6.45, 7) is 1.57. The van der Waals surface area contributed by atoms with Gasteiger partial charge in [-0.1, -0.05) is 6.07 Å². The Morgan fingerprint density at radius 1 is 0.970 bits per heavy atom. The van der Waals surface area contributed by atoms with Crippen LogP contribution in [0.1, 0.15) is 53.0 Å². The van der Waals surface area contributed by atoms with Gasteiger partial charge in [0.25, 0.3) is 11.8 Å². The van der Waals surface area contributed by atoms with Gasteiger partial charge in [0.2, 0.25) is 0 Å². The van der Waals surface area contributed by atoms with Gasteiger partial charge in [-0.15, -0.1) is 0 Å². The molecular weight excluding hydrogens is 443 g/mol. The van der Waals surface area contributed by atoms with Gasteiger partial charge in [-0.3, -0.25) is 19.7 Å². The minimum absolute atomic E-state index is 0.227. The van der Waals surface area contributed by atoms with Crippen LogP contribution in [-0.2, 0) is 12.1 Å². The van der Waals surface area contributed by atoms with Crippen LogP contribution in [0.15, 0.2) is 55.0 Å². The van der Waals surface area contributed by atoms with Crippen molar-refractivity contribution in [2.75, 3.05) is 0 Å². The third kappa shape index (κ3) is 4.84. The Morgan fingerprint density at radius 2 is 1.67 bits per heavy atom. The van der Waals surface area contributed by atoms with E-state index in [2.05, 4.69) is 20.3 Å². The number of carbonyl (C=O) groups is 1. The zero-order valence-corrected chi connectivity index (χ0v) is 17.4. The van der Waals surface area contributed by atoms with Crippen LogP contribution < -0.4 is 5.32 Å². The normalized spacial score (nSPS) is 15.2. The number of aromatic nitrogens is 3. The van der Waals surface area contributed by atoms with E-state index in [4.69, 9.17) is 0 Å². The molecule has 1 unspecified atom stereocenters. The molecule has 2 aromatic heterocycles. The van der Waals surface area contributed by atoms with Crippen LogP contribution in [0.3, 0.4) is 0 Å². The first-order chi connectivity index (χ1) is 15.6. The van der Waals surface area contributed by atoms with Crippen molar-refractivity contribution < 1.29 is 26.7 Å². The lowest BCUT2D eigenvalue weighted by Crippen LogP contribution is -2.29. The Balaban J connectivity index is 1.65. The first-order valence-electron chi connectivity index (χ1n) is 10.2. The van der Waals surface area contributed by atoms with Crippen molar-refractivity contribution in [2.45, 2.75) is 37.9 Å². The molecule has 1 N–H and O–H groups in total. The highest BCUT2D eigenvalue weighted by molar-refractivity contribution is 5.95. The van der Waals surface area contributed by atoms with E-state index in [-0.39, 0.29) is 12.8 Å². The third-order valence-corrected chi connectivity index (χ3v) is 5.39. The lowest BCUT2D eigenvalue weighted by Gasteiger charge is -2.20. The van der Waals surface area contributed by atoms with E-state index in [1.165, 1.54) is 12.4 Å². The smallest absolute Gasteiger partial charge is 0.344 e. The Labute approximate surface area is 186 Å². The molecule has 172 valence electrons. The lowest BCUT2D eigenvalue weighted by atomic mass is 9.97. The average Bonchev–Trinajstić information content (AvgIpc) is 3.65. The number of benzene rings is 1. The Morgan fingerprint density at radius 3 is 2.30 bits per heavy atom. The molecule has 10 heteroatoms. The average molecular weight is 462 g/mol. The summed E-state index contributed by atoms with van der Waals surface area (Å²) in [4.78, 5) is 25.5. The molecular formula is C23H19F5N4O. The molecule has 5 nitrogen and oxygen atoms in total. The fraction of sp³-hybridized carbons (Fsp3) is 0.304. The Kier molecular flexibility index (Phi) is 5.85. The van der Waals surface area contributed by atoms with Crippen LogP contribution in [0, 0.1) is 5.92 Å². The van der Waals surface area contributed by atoms with Crippen LogP contribution in [0.2, 0.25) is 0 Å². The van der Waals surface area contributed by atoms with E-state index >= 15 is 0 Å². The Bertz CT molecular complexity index is 1160. The van der Waals surface area contributed by atoms with E-state index in [9.17, 15) is 26.7 Å². The summed E-state index contributed by atoms with van der Waals surface area (Å²) < 4.78 is 69.3. The molecule has 1 atom stereocenters. The summed E-state index contributed by atoms with van der Waals surface area (Å²) in [5, 5.41) is 2.54. The van der Waals surface area contributed by atoms with E-state index in [0.29, 0.717) is 29.2 Å². The lowest BCUT2D eigenvalue weighted by molar-refractivity contribution is -0.137. The van der Waals surface area contributed by atoms with E-state index in [1.807, 2.05) is 0 Å². The fourth-order valence-electron chi connectivity index (χ4n) is 3.51. The van der Waals surface area contributed by atoms with Gasteiger partial charge in [-0.2, -0.15) is 13.2 Å². The molecule has 4 rings (SSSR count). The second kappa shape index (κ2) is 8.49. The predicted molar refractivity (Wildman–Crippen MR) is 109 cm³/mol. The number of carbonyl (C=O) groups excluding carboxylic acids is 1. The van der Waals surface area contributed by atoms with Crippen molar-refractivity contribution >= 4 is 5.91 Å². The molecule has 3 aromatic rings. The fourth-order valence-corrected chi connectivity index (χ4v) is 3.51. The number of hydrogen-bond acceptors (Lipinski definition) is 4. The van der Waals surface area contributed by atoms with E-state index < -0.39 is 46.7 Å².